The third kappa shape index (κ3) is 5.40. The number of carbonyl (C=O) groups is 5. The molecule has 0 fully saturated rings. The van der Waals surface area contributed by atoms with E-state index in [0.717, 1.165) is 0 Å². The topological polar surface area (TPSA) is 156 Å². The van der Waals surface area contributed by atoms with Gasteiger partial charge in [0.15, 0.2) is 0 Å². The molecule has 0 aromatic heterocycles. The molecule has 0 heterocycles. The minimum absolute atomic E-state index is 0.0743. The van der Waals surface area contributed by atoms with Crippen molar-refractivity contribution in [1.29, 1.82) is 0 Å². The Bertz CT molecular complexity index is 733. The number of aliphatic carboxylic acids is 2. The van der Waals surface area contributed by atoms with Gasteiger partial charge in [0.1, 0.15) is 6.04 Å². The summed E-state index contributed by atoms with van der Waals surface area (Å²) >= 11 is 0. The summed E-state index contributed by atoms with van der Waals surface area (Å²) in [5.74, 6) is -4.82. The van der Waals surface area contributed by atoms with Crippen molar-refractivity contribution in [3.05, 3.63) is 22.7 Å². The van der Waals surface area contributed by atoms with Crippen molar-refractivity contribution in [2.45, 2.75) is 38.6 Å². The third-order valence-electron chi connectivity index (χ3n) is 3.98. The van der Waals surface area contributed by atoms with E-state index in [-0.39, 0.29) is 41.9 Å². The molecule has 0 spiro atoms. The second-order valence-electron chi connectivity index (χ2n) is 5.72. The van der Waals surface area contributed by atoms with Gasteiger partial charge in [-0.1, -0.05) is 0 Å². The summed E-state index contributed by atoms with van der Waals surface area (Å²) in [6, 6.07) is -1.36. The highest BCUT2D eigenvalue weighted by atomic mass is 16.5. The first-order valence-corrected chi connectivity index (χ1v) is 7.99. The molecule has 0 radical (unpaired) electrons. The standard InChI is InChI=1S/C17H21NO9/c1-8-9(14(23)16(27-3)15(26-2)13(8)22)4-6-11(19)18-10(17(24)25)5-7-12(20)21/h10H,4-7H2,1-3H3,(H,18,19)(H,20,21)(H,24,25)/t10-/m0/s1. The first kappa shape index (κ1) is 21.9. The average molecular weight is 383 g/mol. The van der Waals surface area contributed by atoms with Crippen LogP contribution in [0.3, 0.4) is 0 Å². The number of amides is 1. The summed E-state index contributed by atoms with van der Waals surface area (Å²) in [6.07, 6.45) is -1.07. The van der Waals surface area contributed by atoms with Crippen molar-refractivity contribution in [2.24, 2.45) is 0 Å². The highest BCUT2D eigenvalue weighted by molar-refractivity contribution is 6.23. The molecule has 1 aliphatic carbocycles. The Morgan fingerprint density at radius 1 is 1.00 bits per heavy atom. The molecule has 0 aliphatic heterocycles. The van der Waals surface area contributed by atoms with Crippen molar-refractivity contribution in [3.63, 3.8) is 0 Å². The van der Waals surface area contributed by atoms with Crippen molar-refractivity contribution >= 4 is 29.4 Å². The van der Waals surface area contributed by atoms with Gasteiger partial charge in [0.25, 0.3) is 0 Å². The van der Waals surface area contributed by atoms with Gasteiger partial charge in [-0.05, 0) is 19.8 Å². The van der Waals surface area contributed by atoms with Crippen LogP contribution >= 0.6 is 0 Å². The highest BCUT2D eigenvalue weighted by Gasteiger charge is 2.34. The number of carboxylic acids is 2. The van der Waals surface area contributed by atoms with Gasteiger partial charge in [0.05, 0.1) is 14.2 Å². The SMILES string of the molecule is COC1=C(OC)C(=O)C(CCC(=O)N[C@@H](CCC(=O)O)C(=O)O)=C(C)C1=O. The Balaban J connectivity index is 2.81. The maximum absolute atomic E-state index is 12.4. The molecule has 1 rings (SSSR count). The largest absolute Gasteiger partial charge is 0.489 e. The van der Waals surface area contributed by atoms with E-state index >= 15 is 0 Å². The summed E-state index contributed by atoms with van der Waals surface area (Å²) in [5, 5.41) is 19.9. The fraction of sp³-hybridized carbons (Fsp3) is 0.471. The van der Waals surface area contributed by atoms with Crippen LogP contribution in [0.5, 0.6) is 0 Å². The number of ketones is 2. The van der Waals surface area contributed by atoms with Crippen LogP contribution in [-0.4, -0.2) is 59.9 Å². The number of ether oxygens (including phenoxy) is 2. The van der Waals surface area contributed by atoms with Crippen molar-refractivity contribution in [3.8, 4) is 0 Å². The van der Waals surface area contributed by atoms with Crippen molar-refractivity contribution in [2.75, 3.05) is 14.2 Å². The van der Waals surface area contributed by atoms with Gasteiger partial charge >= 0.3 is 11.9 Å². The number of hydrogen-bond acceptors (Lipinski definition) is 7. The lowest BCUT2D eigenvalue weighted by atomic mass is 9.90. The Kier molecular flexibility index (Phi) is 7.70. The molecule has 10 nitrogen and oxygen atoms in total. The minimum atomic E-state index is -1.36. The lowest BCUT2D eigenvalue weighted by Gasteiger charge is -2.20. The van der Waals surface area contributed by atoms with Crippen LogP contribution in [0.2, 0.25) is 0 Å². The second-order valence-corrected chi connectivity index (χ2v) is 5.72. The van der Waals surface area contributed by atoms with Gasteiger partial charge in [-0.2, -0.15) is 0 Å². The minimum Gasteiger partial charge on any atom is -0.489 e. The van der Waals surface area contributed by atoms with Gasteiger partial charge in [0, 0.05) is 24.0 Å². The molecule has 27 heavy (non-hydrogen) atoms. The molecule has 0 saturated heterocycles. The molecule has 10 heteroatoms. The number of Topliss-reactive ketones (excluding diaryl/α,β-unsaturated/α-hetero) is 2. The fourth-order valence-corrected chi connectivity index (χ4v) is 2.52. The van der Waals surface area contributed by atoms with Crippen LogP contribution in [0, 0.1) is 0 Å². The Morgan fingerprint density at radius 3 is 2.04 bits per heavy atom. The Hall–Kier alpha value is -3.17. The van der Waals surface area contributed by atoms with E-state index in [0.29, 0.717) is 0 Å². The second kappa shape index (κ2) is 9.51. The van der Waals surface area contributed by atoms with Gasteiger partial charge in [0.2, 0.25) is 29.0 Å². The van der Waals surface area contributed by atoms with Crippen LogP contribution in [0.4, 0.5) is 0 Å². The molecule has 0 saturated carbocycles. The molecule has 1 atom stereocenters. The zero-order valence-electron chi connectivity index (χ0n) is 15.2. The summed E-state index contributed by atoms with van der Waals surface area (Å²) in [5.41, 5.74) is 0.191. The monoisotopic (exact) mass is 383 g/mol. The van der Waals surface area contributed by atoms with E-state index in [1.807, 2.05) is 0 Å². The number of nitrogens with one attached hydrogen (secondary N) is 1. The molecule has 3 N–H and O–H groups in total. The van der Waals surface area contributed by atoms with E-state index in [9.17, 15) is 24.0 Å². The molecule has 1 amide bonds. The normalized spacial score (nSPS) is 15.5. The third-order valence-corrected chi connectivity index (χ3v) is 3.98. The van der Waals surface area contributed by atoms with Crippen LogP contribution in [-0.2, 0) is 33.4 Å². The quantitative estimate of drug-likeness (QED) is 0.447. The number of rotatable bonds is 10. The van der Waals surface area contributed by atoms with Gasteiger partial charge in [-0.15, -0.1) is 0 Å². The van der Waals surface area contributed by atoms with Crippen LogP contribution in [0.1, 0.15) is 32.6 Å². The van der Waals surface area contributed by atoms with E-state index in [1.165, 1.54) is 21.1 Å². The van der Waals surface area contributed by atoms with Crippen LogP contribution in [0.15, 0.2) is 22.7 Å². The molecule has 0 unspecified atom stereocenters. The first-order chi connectivity index (χ1) is 12.6. The highest BCUT2D eigenvalue weighted by Crippen LogP contribution is 2.28. The predicted octanol–water partition coefficient (Wildman–Crippen LogP) is 0.173. The average Bonchev–Trinajstić information content (AvgIpc) is 2.60. The number of hydrogen-bond donors (Lipinski definition) is 3. The molecule has 0 bridgehead atoms. The van der Waals surface area contributed by atoms with E-state index < -0.39 is 41.9 Å². The van der Waals surface area contributed by atoms with E-state index in [2.05, 4.69) is 5.32 Å². The van der Waals surface area contributed by atoms with E-state index in [1.54, 1.807) is 0 Å². The summed E-state index contributed by atoms with van der Waals surface area (Å²) in [6.45, 7) is 1.42. The van der Waals surface area contributed by atoms with Gasteiger partial charge in [-0.3, -0.25) is 19.2 Å². The molecule has 1 aliphatic rings. The first-order valence-electron chi connectivity index (χ1n) is 7.99. The Morgan fingerprint density at radius 2 is 1.56 bits per heavy atom. The lowest BCUT2D eigenvalue weighted by Crippen LogP contribution is -2.41. The van der Waals surface area contributed by atoms with Crippen molar-refractivity contribution < 1.29 is 43.7 Å². The summed E-state index contributed by atoms with van der Waals surface area (Å²) in [4.78, 5) is 58.3. The van der Waals surface area contributed by atoms with Crippen LogP contribution < -0.4 is 5.32 Å². The summed E-state index contributed by atoms with van der Waals surface area (Å²) in [7, 11) is 2.44. The number of carboxylic acid groups (broad SMARTS) is 2. The fourth-order valence-electron chi connectivity index (χ4n) is 2.52. The number of methoxy groups -OCH3 is 2. The molecular weight excluding hydrogens is 362 g/mol. The lowest BCUT2D eigenvalue weighted by molar-refractivity contribution is -0.143. The zero-order valence-corrected chi connectivity index (χ0v) is 15.2. The molecular formula is C17H21NO9. The van der Waals surface area contributed by atoms with Crippen LogP contribution in [0.25, 0.3) is 0 Å². The van der Waals surface area contributed by atoms with Gasteiger partial charge in [-0.25, -0.2) is 4.79 Å². The number of allylic oxidation sites excluding steroid dienone is 2. The molecule has 148 valence electrons. The molecule has 0 aromatic rings. The maximum atomic E-state index is 12.4. The predicted molar refractivity (Wildman–Crippen MR) is 89.4 cm³/mol. The van der Waals surface area contributed by atoms with Gasteiger partial charge < -0.3 is 25.0 Å². The summed E-state index contributed by atoms with van der Waals surface area (Å²) < 4.78 is 9.83. The molecule has 0 aromatic carbocycles. The number of carbonyl (C=O) groups excluding carboxylic acids is 3. The van der Waals surface area contributed by atoms with Crippen molar-refractivity contribution in [1.82, 2.24) is 5.32 Å². The smallest absolute Gasteiger partial charge is 0.326 e. The zero-order chi connectivity index (χ0) is 20.7. The maximum Gasteiger partial charge on any atom is 0.326 e. The Labute approximate surface area is 154 Å². The van der Waals surface area contributed by atoms with E-state index in [4.69, 9.17) is 19.7 Å².